The summed E-state index contributed by atoms with van der Waals surface area (Å²) in [5.74, 6) is 0.472. The Morgan fingerprint density at radius 3 is 3.06 bits per heavy atom. The molecule has 1 saturated heterocycles. The molecule has 2 atom stereocenters. The molecule has 7 heteroatoms. The van der Waals surface area contributed by atoms with Crippen LogP contribution in [0.5, 0.6) is 0 Å². The Morgan fingerprint density at radius 1 is 1.65 bits per heavy atom. The number of nitrogens with zero attached hydrogens (tertiary/aromatic N) is 1. The molecule has 1 aliphatic heterocycles. The van der Waals surface area contributed by atoms with Crippen molar-refractivity contribution in [3.8, 4) is 0 Å². The van der Waals surface area contributed by atoms with Crippen LogP contribution in [0.1, 0.15) is 18.8 Å². The van der Waals surface area contributed by atoms with Crippen LogP contribution < -0.4 is 16.0 Å². The summed E-state index contributed by atoms with van der Waals surface area (Å²) < 4.78 is 0. The molecule has 1 aromatic heterocycles. The molecule has 0 bridgehead atoms. The Bertz CT molecular complexity index is 393. The first-order valence-electron chi connectivity index (χ1n) is 5.46. The summed E-state index contributed by atoms with van der Waals surface area (Å²) in [5.41, 5.74) is 0. The predicted molar refractivity (Wildman–Crippen MR) is 59.9 cm³/mol. The lowest BCUT2D eigenvalue weighted by atomic mass is 10.2. The highest BCUT2D eigenvalue weighted by Crippen LogP contribution is 2.05. The van der Waals surface area contributed by atoms with E-state index in [1.54, 1.807) is 12.4 Å². The van der Waals surface area contributed by atoms with Gasteiger partial charge in [0.05, 0.1) is 12.6 Å². The van der Waals surface area contributed by atoms with Gasteiger partial charge >= 0.3 is 0 Å². The Kier molecular flexibility index (Phi) is 3.38. The lowest BCUT2D eigenvalue weighted by Crippen LogP contribution is -2.58. The van der Waals surface area contributed by atoms with Gasteiger partial charge in [-0.15, -0.1) is 0 Å². The molecule has 0 radical (unpaired) electrons. The molecule has 1 aliphatic rings. The monoisotopic (exact) mass is 237 g/mol. The lowest BCUT2D eigenvalue weighted by molar-refractivity contribution is -0.127. The van der Waals surface area contributed by atoms with Gasteiger partial charge in [-0.3, -0.25) is 14.9 Å². The van der Waals surface area contributed by atoms with Gasteiger partial charge in [0, 0.05) is 18.9 Å². The second-order valence-corrected chi connectivity index (χ2v) is 3.94. The van der Waals surface area contributed by atoms with Crippen LogP contribution in [0.25, 0.3) is 0 Å². The minimum absolute atomic E-state index is 0.0897. The molecule has 1 aromatic rings. The zero-order chi connectivity index (χ0) is 12.3. The fourth-order valence-corrected chi connectivity index (χ4v) is 1.65. The van der Waals surface area contributed by atoms with Crippen LogP contribution in [0, 0.1) is 0 Å². The summed E-state index contributed by atoms with van der Waals surface area (Å²) in [6.45, 7) is 2.33. The fraction of sp³-hybridized carbons (Fsp3) is 0.500. The number of imidazole rings is 1. The average molecular weight is 237 g/mol. The third-order valence-electron chi connectivity index (χ3n) is 2.62. The van der Waals surface area contributed by atoms with E-state index < -0.39 is 0 Å². The third kappa shape index (κ3) is 2.82. The maximum absolute atomic E-state index is 11.8. The normalized spacial score (nSPS) is 21.7. The molecule has 92 valence electrons. The zero-order valence-corrected chi connectivity index (χ0v) is 9.49. The van der Waals surface area contributed by atoms with Crippen LogP contribution in [0.15, 0.2) is 12.4 Å². The lowest BCUT2D eigenvalue weighted by Gasteiger charge is -2.24. The Labute approximate surface area is 98.4 Å². The number of aromatic nitrogens is 2. The molecule has 1 fully saturated rings. The number of hydrogen-bond acceptors (Lipinski definition) is 4. The number of nitrogens with one attached hydrogen (secondary N) is 4. The van der Waals surface area contributed by atoms with Crippen molar-refractivity contribution in [1.29, 1.82) is 0 Å². The van der Waals surface area contributed by atoms with Gasteiger partial charge in [-0.2, -0.15) is 0 Å². The first-order chi connectivity index (χ1) is 8.16. The van der Waals surface area contributed by atoms with Gasteiger partial charge < -0.3 is 15.6 Å². The zero-order valence-electron chi connectivity index (χ0n) is 9.49. The van der Waals surface area contributed by atoms with Crippen molar-refractivity contribution < 1.29 is 9.59 Å². The highest BCUT2D eigenvalue weighted by atomic mass is 16.2. The van der Waals surface area contributed by atoms with E-state index in [9.17, 15) is 9.59 Å². The standard InChI is InChI=1S/C10H15N5O2/c1-6(9-11-2-3-12-9)15-10(17)7-4-14-8(16)5-13-7/h2-3,6-7,13H,4-5H2,1H3,(H,11,12)(H,14,16)(H,15,17). The third-order valence-corrected chi connectivity index (χ3v) is 2.62. The smallest absolute Gasteiger partial charge is 0.239 e. The second-order valence-electron chi connectivity index (χ2n) is 3.94. The Morgan fingerprint density at radius 2 is 2.47 bits per heavy atom. The van der Waals surface area contributed by atoms with Crippen LogP contribution in [0.3, 0.4) is 0 Å². The number of carbonyl (C=O) groups is 2. The quantitative estimate of drug-likeness (QED) is 0.523. The molecule has 7 nitrogen and oxygen atoms in total. The first-order valence-corrected chi connectivity index (χ1v) is 5.46. The molecule has 0 aromatic carbocycles. The maximum atomic E-state index is 11.8. The van der Waals surface area contributed by atoms with Gasteiger partial charge in [-0.1, -0.05) is 0 Å². The summed E-state index contributed by atoms with van der Waals surface area (Å²) >= 11 is 0. The van der Waals surface area contributed by atoms with Crippen LogP contribution in [-0.4, -0.2) is 40.9 Å². The maximum Gasteiger partial charge on any atom is 0.239 e. The van der Waals surface area contributed by atoms with Crippen LogP contribution in [0.2, 0.25) is 0 Å². The first kappa shape index (κ1) is 11.6. The molecule has 2 rings (SSSR count). The van der Waals surface area contributed by atoms with E-state index in [4.69, 9.17) is 0 Å². The van der Waals surface area contributed by atoms with E-state index in [1.165, 1.54) is 0 Å². The average Bonchev–Trinajstić information content (AvgIpc) is 2.83. The van der Waals surface area contributed by atoms with Gasteiger partial charge in [0.1, 0.15) is 11.9 Å². The number of H-pyrrole nitrogens is 1. The highest BCUT2D eigenvalue weighted by molar-refractivity contribution is 5.86. The van der Waals surface area contributed by atoms with E-state index in [0.29, 0.717) is 12.4 Å². The summed E-state index contributed by atoms with van der Waals surface area (Å²) in [5, 5.41) is 8.32. The fourth-order valence-electron chi connectivity index (χ4n) is 1.65. The summed E-state index contributed by atoms with van der Waals surface area (Å²) in [6, 6.07) is -0.568. The molecule has 0 aliphatic carbocycles. The molecule has 2 amide bonds. The second kappa shape index (κ2) is 4.96. The number of aromatic amines is 1. The van der Waals surface area contributed by atoms with Crippen molar-refractivity contribution >= 4 is 11.8 Å². The number of piperazine rings is 1. The molecule has 4 N–H and O–H groups in total. The van der Waals surface area contributed by atoms with E-state index in [0.717, 1.165) is 0 Å². The van der Waals surface area contributed by atoms with Crippen LogP contribution in [-0.2, 0) is 9.59 Å². The predicted octanol–water partition coefficient (Wildman–Crippen LogP) is -1.33. The molecule has 0 spiro atoms. The van der Waals surface area contributed by atoms with Crippen molar-refractivity contribution in [3.63, 3.8) is 0 Å². The van der Waals surface area contributed by atoms with Crippen LogP contribution in [0.4, 0.5) is 0 Å². The van der Waals surface area contributed by atoms with Gasteiger partial charge in [0.15, 0.2) is 0 Å². The number of carbonyl (C=O) groups excluding carboxylic acids is 2. The number of amides is 2. The molecule has 0 saturated carbocycles. The van der Waals surface area contributed by atoms with Gasteiger partial charge in [-0.25, -0.2) is 4.98 Å². The van der Waals surface area contributed by atoms with E-state index >= 15 is 0 Å². The van der Waals surface area contributed by atoms with Crippen molar-refractivity contribution in [1.82, 2.24) is 25.9 Å². The van der Waals surface area contributed by atoms with Gasteiger partial charge in [0.2, 0.25) is 11.8 Å². The highest BCUT2D eigenvalue weighted by Gasteiger charge is 2.25. The molecule has 17 heavy (non-hydrogen) atoms. The van der Waals surface area contributed by atoms with Crippen molar-refractivity contribution in [2.75, 3.05) is 13.1 Å². The molecule has 2 heterocycles. The van der Waals surface area contributed by atoms with Gasteiger partial charge in [0.25, 0.3) is 0 Å². The van der Waals surface area contributed by atoms with Crippen molar-refractivity contribution in [2.24, 2.45) is 0 Å². The van der Waals surface area contributed by atoms with E-state index in [-0.39, 0.29) is 30.4 Å². The summed E-state index contributed by atoms with van der Waals surface area (Å²) in [7, 11) is 0. The largest absolute Gasteiger partial charge is 0.353 e. The minimum Gasteiger partial charge on any atom is -0.353 e. The molecule has 2 unspecified atom stereocenters. The van der Waals surface area contributed by atoms with Gasteiger partial charge in [-0.05, 0) is 6.92 Å². The molecular weight excluding hydrogens is 222 g/mol. The van der Waals surface area contributed by atoms with E-state index in [1.807, 2.05) is 6.92 Å². The van der Waals surface area contributed by atoms with Crippen LogP contribution >= 0.6 is 0 Å². The summed E-state index contributed by atoms with van der Waals surface area (Å²) in [4.78, 5) is 29.8. The number of rotatable bonds is 3. The number of hydrogen-bond donors (Lipinski definition) is 4. The van der Waals surface area contributed by atoms with Crippen molar-refractivity contribution in [2.45, 2.75) is 19.0 Å². The minimum atomic E-state index is -0.384. The SMILES string of the molecule is CC(NC(=O)C1CNC(=O)CN1)c1ncc[nH]1. The topological polar surface area (TPSA) is 98.9 Å². The Hall–Kier alpha value is -1.89. The Balaban J connectivity index is 1.86. The molecular formula is C10H15N5O2. The van der Waals surface area contributed by atoms with E-state index in [2.05, 4.69) is 25.9 Å². The summed E-state index contributed by atoms with van der Waals surface area (Å²) in [6.07, 6.45) is 3.34. The van der Waals surface area contributed by atoms with Crippen molar-refractivity contribution in [3.05, 3.63) is 18.2 Å².